The number of unbranched alkanes of at least 4 members (excludes halogenated alkanes) is 32. The van der Waals surface area contributed by atoms with Crippen molar-refractivity contribution < 1.29 is 80.2 Å². The van der Waals surface area contributed by atoms with Gasteiger partial charge in [-0.25, -0.2) is 9.13 Å². The second kappa shape index (κ2) is 74.5. The van der Waals surface area contributed by atoms with Crippen LogP contribution in [0.4, 0.5) is 0 Å². The average Bonchev–Trinajstić information content (AvgIpc) is 1.58. The Morgan fingerprint density at radius 1 is 0.316 bits per heavy atom. The summed E-state index contributed by atoms with van der Waals surface area (Å²) in [6.07, 6.45) is 77.9. The number of phosphoric acid groups is 2. The molecule has 0 aromatic heterocycles. The highest BCUT2D eigenvalue weighted by Crippen LogP contribution is 2.45. The highest BCUT2D eigenvalue weighted by atomic mass is 31.2. The van der Waals surface area contributed by atoms with Crippen LogP contribution >= 0.6 is 15.6 Å². The van der Waals surface area contributed by atoms with E-state index in [-0.39, 0.29) is 26.1 Å². The predicted octanol–water partition coefficient (Wildman–Crippen LogP) is 21.3. The van der Waals surface area contributed by atoms with Crippen LogP contribution in [-0.4, -0.2) is 111 Å². The van der Waals surface area contributed by atoms with Crippen molar-refractivity contribution in [2.45, 2.75) is 328 Å². The second-order valence-electron chi connectivity index (χ2n) is 25.5. The molecule has 0 aromatic rings. The molecule has 0 radical (unpaired) electrons. The third-order valence-corrected chi connectivity index (χ3v) is 17.9. The minimum Gasteiger partial charge on any atom is -0.457 e. The number of rotatable bonds is 76. The Balaban J connectivity index is 5.28. The van der Waals surface area contributed by atoms with E-state index in [2.05, 4.69) is 105 Å². The SMILES string of the molecule is CCCCC/C=C\C/C=C\C/C=C\C/C=C\CCCC(=O)O[C@H](COCCCCCCC/C=C\CCCCCCC=O)COP(=O)(O)OC[C@@H](O)COP(=O)(O)OC[C@@H](COCCCCCCC/C=C\CCCCCCC=O)OC(=O)CCCCCCC/C=C\C/C=C\CCCCC. The summed E-state index contributed by atoms with van der Waals surface area (Å²) in [6, 6.07) is 0. The summed E-state index contributed by atoms with van der Waals surface area (Å²) >= 11 is 0. The van der Waals surface area contributed by atoms with Crippen LogP contribution in [0.1, 0.15) is 309 Å². The van der Waals surface area contributed by atoms with E-state index in [0.29, 0.717) is 45.3 Å². The van der Waals surface area contributed by atoms with Crippen molar-refractivity contribution in [3.63, 3.8) is 0 Å². The molecule has 0 saturated carbocycles. The lowest BCUT2D eigenvalue weighted by molar-refractivity contribution is -0.155. The fourth-order valence-electron chi connectivity index (χ4n) is 10.1. The maximum absolute atomic E-state index is 13.1. The normalized spacial score (nSPS) is 14.5. The van der Waals surface area contributed by atoms with Gasteiger partial charge in [-0.05, 0) is 161 Å². The van der Waals surface area contributed by atoms with Crippen molar-refractivity contribution in [2.75, 3.05) is 52.9 Å². The molecule has 0 aromatic carbocycles. The van der Waals surface area contributed by atoms with Gasteiger partial charge in [-0.15, -0.1) is 0 Å². The number of carbonyl (C=O) groups excluding carboxylic acids is 4. The van der Waals surface area contributed by atoms with Crippen molar-refractivity contribution in [1.82, 2.24) is 0 Å². The molecule has 0 rings (SSSR count). The molecule has 17 nitrogen and oxygen atoms in total. The van der Waals surface area contributed by atoms with Gasteiger partial charge in [0.05, 0.1) is 39.6 Å². The van der Waals surface area contributed by atoms with Crippen LogP contribution in [0.25, 0.3) is 0 Å². The summed E-state index contributed by atoms with van der Waals surface area (Å²) < 4.78 is 69.7. The van der Waals surface area contributed by atoms with Crippen LogP contribution in [0, 0.1) is 0 Å². The minimum absolute atomic E-state index is 0.0796. The standard InChI is InChI=1S/C79H138O17P2/c1-3-5-7-9-11-13-15-17-19-20-22-28-34-40-46-52-58-64-79(84)96-77(72-90-68-62-56-50-44-38-32-26-24-30-36-42-48-54-60-66-81)74-94-98(87,88)92-70-75(82)69-91-97(85,86)93-73-76(71-89-67-61-55-49-43-37-31-25-23-29-35-41-47-53-59-65-80)95-78(83)63-57-51-45-39-33-27-21-18-16-14-12-10-8-6-4-2/h11-14,17-19,21-26,28,40,46,65-66,75-77,82H,3-10,15-16,20,27,29-39,41-45,47-64,67-74H2,1-2H3,(H,85,86)(H,87,88)/b13-11-,14-12-,19-17-,21-18-,25-23-,26-24-,28-22-,46-40-/t75-,76+,77+/m0/s1. The molecule has 0 aliphatic carbocycles. The molecule has 5 atom stereocenters. The predicted molar refractivity (Wildman–Crippen MR) is 400 cm³/mol. The molecule has 0 aliphatic heterocycles. The van der Waals surface area contributed by atoms with Gasteiger partial charge >= 0.3 is 27.6 Å². The van der Waals surface area contributed by atoms with Gasteiger partial charge in [0, 0.05) is 38.9 Å². The van der Waals surface area contributed by atoms with Crippen LogP contribution in [-0.2, 0) is 65.4 Å². The van der Waals surface area contributed by atoms with E-state index in [1.807, 2.05) is 6.08 Å². The molecule has 0 spiro atoms. The Bertz CT molecular complexity index is 2170. The number of hydrogen-bond acceptors (Lipinski definition) is 15. The van der Waals surface area contributed by atoms with Crippen molar-refractivity contribution in [1.29, 1.82) is 0 Å². The fraction of sp³-hybridized carbons (Fsp3) is 0.747. The zero-order valence-corrected chi connectivity index (χ0v) is 63.0. The monoisotopic (exact) mass is 1420 g/mol. The van der Waals surface area contributed by atoms with E-state index in [4.69, 9.17) is 37.0 Å². The van der Waals surface area contributed by atoms with Gasteiger partial charge in [-0.1, -0.05) is 220 Å². The van der Waals surface area contributed by atoms with Crippen LogP contribution in [0.2, 0.25) is 0 Å². The Morgan fingerprint density at radius 2 is 0.571 bits per heavy atom. The van der Waals surface area contributed by atoms with Gasteiger partial charge < -0.3 is 43.4 Å². The molecular weight excluding hydrogens is 1280 g/mol. The van der Waals surface area contributed by atoms with Crippen molar-refractivity contribution in [3.8, 4) is 0 Å². The zero-order chi connectivity index (χ0) is 71.5. The molecule has 2 unspecified atom stereocenters. The lowest BCUT2D eigenvalue weighted by atomic mass is 10.1. The first kappa shape index (κ1) is 94.3. The summed E-state index contributed by atoms with van der Waals surface area (Å²) in [4.78, 5) is 68.2. The third kappa shape index (κ3) is 73.5. The number of aliphatic hydroxyl groups is 1. The van der Waals surface area contributed by atoms with Gasteiger partial charge in [0.15, 0.2) is 0 Å². The number of carbonyl (C=O) groups is 4. The van der Waals surface area contributed by atoms with Crippen LogP contribution in [0.3, 0.4) is 0 Å². The van der Waals surface area contributed by atoms with Gasteiger partial charge in [0.25, 0.3) is 0 Å². The topological polar surface area (TPSA) is 237 Å². The largest absolute Gasteiger partial charge is 0.472 e. The Hall–Kier alpha value is -3.70. The molecule has 566 valence electrons. The van der Waals surface area contributed by atoms with Gasteiger partial charge in [-0.2, -0.15) is 0 Å². The van der Waals surface area contributed by atoms with Crippen molar-refractivity contribution in [2.24, 2.45) is 0 Å². The molecule has 0 fully saturated rings. The highest BCUT2D eigenvalue weighted by molar-refractivity contribution is 7.47. The summed E-state index contributed by atoms with van der Waals surface area (Å²) in [5.41, 5.74) is 0. The molecule has 0 aliphatic rings. The van der Waals surface area contributed by atoms with E-state index in [9.17, 15) is 43.2 Å². The smallest absolute Gasteiger partial charge is 0.457 e. The molecule has 19 heteroatoms. The zero-order valence-electron chi connectivity index (χ0n) is 61.3. The number of allylic oxidation sites excluding steroid dienone is 16. The molecule has 0 heterocycles. The number of hydrogen-bond donors (Lipinski definition) is 3. The summed E-state index contributed by atoms with van der Waals surface area (Å²) in [6.45, 7) is 2.28. The van der Waals surface area contributed by atoms with Gasteiger partial charge in [0.2, 0.25) is 0 Å². The first-order valence-electron chi connectivity index (χ1n) is 38.4. The molecular formula is C79H138O17P2. The van der Waals surface area contributed by atoms with Crippen LogP contribution < -0.4 is 0 Å². The first-order chi connectivity index (χ1) is 47.9. The number of esters is 2. The molecule has 98 heavy (non-hydrogen) atoms. The second-order valence-corrected chi connectivity index (χ2v) is 28.4. The summed E-state index contributed by atoms with van der Waals surface area (Å²) in [5, 5.41) is 10.6. The van der Waals surface area contributed by atoms with Crippen LogP contribution in [0.15, 0.2) is 97.2 Å². The van der Waals surface area contributed by atoms with Crippen molar-refractivity contribution >= 4 is 40.2 Å². The molecule has 0 saturated heterocycles. The molecule has 0 bridgehead atoms. The van der Waals surface area contributed by atoms with E-state index < -0.39 is 72.3 Å². The molecule has 3 N–H and O–H groups in total. The van der Waals surface area contributed by atoms with Gasteiger partial charge in [-0.3, -0.25) is 27.7 Å². The lowest BCUT2D eigenvalue weighted by Gasteiger charge is -2.21. The Labute approximate surface area is 595 Å². The fourth-order valence-corrected chi connectivity index (χ4v) is 11.7. The highest BCUT2D eigenvalue weighted by Gasteiger charge is 2.30. The minimum atomic E-state index is -4.88. The first-order valence-corrected chi connectivity index (χ1v) is 41.4. The van der Waals surface area contributed by atoms with Gasteiger partial charge in [0.1, 0.15) is 30.9 Å². The number of aliphatic hydroxyl groups excluding tert-OH is 1. The van der Waals surface area contributed by atoms with E-state index >= 15 is 0 Å². The number of aldehydes is 2. The van der Waals surface area contributed by atoms with E-state index in [1.165, 1.54) is 38.5 Å². The summed E-state index contributed by atoms with van der Waals surface area (Å²) in [5.74, 6) is -1.00. The number of ether oxygens (including phenoxy) is 4. The maximum Gasteiger partial charge on any atom is 0.472 e. The quantitative estimate of drug-likeness (QED) is 0.0169. The third-order valence-electron chi connectivity index (χ3n) is 16.0. The van der Waals surface area contributed by atoms with Crippen LogP contribution in [0.5, 0.6) is 0 Å². The van der Waals surface area contributed by atoms with Crippen molar-refractivity contribution in [3.05, 3.63) is 97.2 Å². The molecule has 0 amide bonds. The summed E-state index contributed by atoms with van der Waals surface area (Å²) in [7, 11) is -9.74. The maximum atomic E-state index is 13.1. The lowest BCUT2D eigenvalue weighted by Crippen LogP contribution is -2.29. The van der Waals surface area contributed by atoms with E-state index in [0.717, 1.165) is 224 Å². The average molecular weight is 1420 g/mol. The number of phosphoric ester groups is 2. The van der Waals surface area contributed by atoms with E-state index in [1.54, 1.807) is 0 Å². The Kier molecular flexibility index (Phi) is 71.7. The Morgan fingerprint density at radius 3 is 0.908 bits per heavy atom.